The highest BCUT2D eigenvalue weighted by molar-refractivity contribution is 5.50. The molecule has 1 aromatic heterocycles. The molecule has 1 atom stereocenters. The van der Waals surface area contributed by atoms with E-state index < -0.39 is 0 Å². The van der Waals surface area contributed by atoms with E-state index in [1.54, 1.807) is 12.4 Å². The molecule has 17 heavy (non-hydrogen) atoms. The van der Waals surface area contributed by atoms with Gasteiger partial charge in [0.15, 0.2) is 11.5 Å². The van der Waals surface area contributed by atoms with Crippen LogP contribution in [0.1, 0.15) is 32.9 Å². The van der Waals surface area contributed by atoms with E-state index in [1.807, 2.05) is 0 Å². The summed E-state index contributed by atoms with van der Waals surface area (Å²) in [5.74, 6) is 1.39. The van der Waals surface area contributed by atoms with Gasteiger partial charge in [-0.2, -0.15) is 5.26 Å². The van der Waals surface area contributed by atoms with Crippen molar-refractivity contribution in [3.8, 4) is 6.07 Å². The first-order chi connectivity index (χ1) is 8.02. The van der Waals surface area contributed by atoms with Crippen LogP contribution in [0.4, 0.5) is 5.82 Å². The van der Waals surface area contributed by atoms with Gasteiger partial charge in [-0.3, -0.25) is 0 Å². The van der Waals surface area contributed by atoms with Gasteiger partial charge in [-0.05, 0) is 17.8 Å². The van der Waals surface area contributed by atoms with Gasteiger partial charge in [0.05, 0.1) is 0 Å². The van der Waals surface area contributed by atoms with Crippen LogP contribution in [-0.4, -0.2) is 23.1 Å². The smallest absolute Gasteiger partial charge is 0.183 e. The van der Waals surface area contributed by atoms with Crippen molar-refractivity contribution < 1.29 is 0 Å². The van der Waals surface area contributed by atoms with Gasteiger partial charge in [-0.15, -0.1) is 0 Å². The summed E-state index contributed by atoms with van der Waals surface area (Å²) in [6, 6.07) is 2.11. The molecule has 90 valence electrons. The average Bonchev–Trinajstić information content (AvgIpc) is 2.77. The maximum absolute atomic E-state index is 9.03. The van der Waals surface area contributed by atoms with Crippen molar-refractivity contribution in [1.82, 2.24) is 9.97 Å². The Morgan fingerprint density at radius 2 is 2.06 bits per heavy atom. The first-order valence-corrected chi connectivity index (χ1v) is 5.98. The van der Waals surface area contributed by atoms with Gasteiger partial charge in [-0.1, -0.05) is 20.8 Å². The lowest BCUT2D eigenvalue weighted by Crippen LogP contribution is -2.27. The molecule has 0 saturated carbocycles. The summed E-state index contributed by atoms with van der Waals surface area (Å²) in [5.41, 5.74) is 0.742. The summed E-state index contributed by atoms with van der Waals surface area (Å²) in [5, 5.41) is 9.03. The molecule has 2 heterocycles. The van der Waals surface area contributed by atoms with Gasteiger partial charge >= 0.3 is 0 Å². The number of aromatic nitrogens is 2. The van der Waals surface area contributed by atoms with Gasteiger partial charge in [0, 0.05) is 25.5 Å². The molecular weight excluding hydrogens is 212 g/mol. The summed E-state index contributed by atoms with van der Waals surface area (Å²) in [6.07, 6.45) is 4.38. The Kier molecular flexibility index (Phi) is 3.01. The van der Waals surface area contributed by atoms with E-state index in [2.05, 4.69) is 41.7 Å². The van der Waals surface area contributed by atoms with Crippen LogP contribution in [0.5, 0.6) is 0 Å². The standard InChI is InChI=1S/C13H18N4/c1-13(2,3)10-4-7-17(9-10)12-11(8-14)15-5-6-16-12/h5-6,10H,4,7,9H2,1-3H3. The Balaban J connectivity index is 2.19. The lowest BCUT2D eigenvalue weighted by atomic mass is 9.80. The van der Waals surface area contributed by atoms with Crippen molar-refractivity contribution in [2.24, 2.45) is 11.3 Å². The second-order valence-electron chi connectivity index (χ2n) is 5.64. The molecule has 1 aliphatic rings. The number of nitrogens with zero attached hydrogens (tertiary/aromatic N) is 4. The summed E-state index contributed by atoms with van der Waals surface area (Å²) >= 11 is 0. The summed E-state index contributed by atoms with van der Waals surface area (Å²) in [7, 11) is 0. The van der Waals surface area contributed by atoms with E-state index >= 15 is 0 Å². The molecule has 0 aromatic carbocycles. The Bertz CT molecular complexity index is 441. The molecule has 0 spiro atoms. The molecule has 4 heteroatoms. The highest BCUT2D eigenvalue weighted by Crippen LogP contribution is 2.35. The third kappa shape index (κ3) is 2.38. The fourth-order valence-electron chi connectivity index (χ4n) is 2.30. The number of anilines is 1. The van der Waals surface area contributed by atoms with Gasteiger partial charge in [0.25, 0.3) is 0 Å². The van der Waals surface area contributed by atoms with Crippen LogP contribution < -0.4 is 4.90 Å². The first kappa shape index (κ1) is 11.8. The van der Waals surface area contributed by atoms with Crippen molar-refractivity contribution in [2.75, 3.05) is 18.0 Å². The second-order valence-corrected chi connectivity index (χ2v) is 5.64. The zero-order chi connectivity index (χ0) is 12.5. The van der Waals surface area contributed by atoms with E-state index in [0.717, 1.165) is 25.3 Å². The highest BCUT2D eigenvalue weighted by Gasteiger charge is 2.33. The molecule has 4 nitrogen and oxygen atoms in total. The molecular formula is C13H18N4. The largest absolute Gasteiger partial charge is 0.354 e. The van der Waals surface area contributed by atoms with E-state index in [9.17, 15) is 0 Å². The average molecular weight is 230 g/mol. The number of nitriles is 1. The van der Waals surface area contributed by atoms with Gasteiger partial charge in [0.1, 0.15) is 6.07 Å². The SMILES string of the molecule is CC(C)(C)C1CCN(c2nccnc2C#N)C1. The van der Waals surface area contributed by atoms with Crippen molar-refractivity contribution in [1.29, 1.82) is 5.26 Å². The molecule has 1 aromatic rings. The van der Waals surface area contributed by atoms with Crippen LogP contribution in [0.3, 0.4) is 0 Å². The van der Waals surface area contributed by atoms with Gasteiger partial charge in [0.2, 0.25) is 0 Å². The maximum atomic E-state index is 9.03. The fraction of sp³-hybridized carbons (Fsp3) is 0.615. The summed E-state index contributed by atoms with van der Waals surface area (Å²) in [4.78, 5) is 10.5. The summed E-state index contributed by atoms with van der Waals surface area (Å²) in [6.45, 7) is 8.74. The van der Waals surface area contributed by atoms with Crippen molar-refractivity contribution in [2.45, 2.75) is 27.2 Å². The predicted molar refractivity (Wildman–Crippen MR) is 66.5 cm³/mol. The van der Waals surface area contributed by atoms with E-state index in [4.69, 9.17) is 5.26 Å². The topological polar surface area (TPSA) is 52.8 Å². The lowest BCUT2D eigenvalue weighted by Gasteiger charge is -2.27. The molecule has 1 aliphatic heterocycles. The normalized spacial score (nSPS) is 20.4. The van der Waals surface area contributed by atoms with Crippen LogP contribution in [0.2, 0.25) is 0 Å². The minimum atomic E-state index is 0.309. The third-order valence-corrected chi connectivity index (χ3v) is 3.50. The van der Waals surface area contributed by atoms with Crippen molar-refractivity contribution in [3.05, 3.63) is 18.1 Å². The van der Waals surface area contributed by atoms with E-state index in [-0.39, 0.29) is 0 Å². The maximum Gasteiger partial charge on any atom is 0.183 e. The lowest BCUT2D eigenvalue weighted by molar-refractivity contribution is 0.263. The molecule has 0 bridgehead atoms. The van der Waals surface area contributed by atoms with Gasteiger partial charge < -0.3 is 4.90 Å². The minimum absolute atomic E-state index is 0.309. The number of hydrogen-bond donors (Lipinski definition) is 0. The van der Waals surface area contributed by atoms with E-state index in [1.165, 1.54) is 0 Å². The monoisotopic (exact) mass is 230 g/mol. The quantitative estimate of drug-likeness (QED) is 0.742. The molecule has 0 N–H and O–H groups in total. The Morgan fingerprint density at radius 3 is 2.65 bits per heavy atom. The zero-order valence-electron chi connectivity index (χ0n) is 10.6. The number of hydrogen-bond acceptors (Lipinski definition) is 4. The molecule has 0 amide bonds. The van der Waals surface area contributed by atoms with Crippen LogP contribution in [0.25, 0.3) is 0 Å². The van der Waals surface area contributed by atoms with Crippen molar-refractivity contribution in [3.63, 3.8) is 0 Å². The summed E-state index contributed by atoms with van der Waals surface area (Å²) < 4.78 is 0. The molecule has 2 rings (SSSR count). The highest BCUT2D eigenvalue weighted by atomic mass is 15.2. The third-order valence-electron chi connectivity index (χ3n) is 3.50. The minimum Gasteiger partial charge on any atom is -0.354 e. The Morgan fingerprint density at radius 1 is 1.35 bits per heavy atom. The predicted octanol–water partition coefficient (Wildman–Crippen LogP) is 2.22. The molecule has 0 radical (unpaired) electrons. The van der Waals surface area contributed by atoms with Crippen molar-refractivity contribution >= 4 is 5.82 Å². The fourth-order valence-corrected chi connectivity index (χ4v) is 2.30. The van der Waals surface area contributed by atoms with E-state index in [0.29, 0.717) is 17.0 Å². The first-order valence-electron chi connectivity index (χ1n) is 5.98. The Hall–Kier alpha value is -1.63. The molecule has 1 unspecified atom stereocenters. The molecule has 1 fully saturated rings. The second kappa shape index (κ2) is 4.33. The van der Waals surface area contributed by atoms with Crippen LogP contribution in [-0.2, 0) is 0 Å². The number of rotatable bonds is 1. The molecule has 1 saturated heterocycles. The van der Waals surface area contributed by atoms with Crippen LogP contribution in [0.15, 0.2) is 12.4 Å². The molecule has 0 aliphatic carbocycles. The van der Waals surface area contributed by atoms with Gasteiger partial charge in [-0.25, -0.2) is 9.97 Å². The zero-order valence-corrected chi connectivity index (χ0v) is 10.6. The van der Waals surface area contributed by atoms with Crippen LogP contribution >= 0.6 is 0 Å². The Labute approximate surface area is 102 Å². The van der Waals surface area contributed by atoms with Crippen LogP contribution in [0, 0.1) is 22.7 Å².